The van der Waals surface area contributed by atoms with Crippen LogP contribution >= 0.6 is 0 Å². The van der Waals surface area contributed by atoms with Crippen molar-refractivity contribution in [2.75, 3.05) is 7.11 Å². The summed E-state index contributed by atoms with van der Waals surface area (Å²) >= 11 is 0. The van der Waals surface area contributed by atoms with Crippen LogP contribution in [0.5, 0.6) is 0 Å². The highest BCUT2D eigenvalue weighted by Crippen LogP contribution is 2.66. The van der Waals surface area contributed by atoms with E-state index in [9.17, 15) is 4.79 Å². The first-order valence-electron chi connectivity index (χ1n) is 6.24. The summed E-state index contributed by atoms with van der Waals surface area (Å²) in [7, 11) is 1.55. The number of esters is 1. The highest BCUT2D eigenvalue weighted by molar-refractivity contribution is 5.78. The predicted octanol–water partition coefficient (Wildman–Crippen LogP) is 2.62. The summed E-state index contributed by atoms with van der Waals surface area (Å²) in [5, 5.41) is 0. The molecular weight excluding hydrogens is 188 g/mol. The molecule has 0 aliphatic heterocycles. The Hall–Kier alpha value is -0.530. The van der Waals surface area contributed by atoms with Crippen molar-refractivity contribution in [2.45, 2.75) is 39.0 Å². The average Bonchev–Trinajstić information content (AvgIpc) is 2.44. The first kappa shape index (κ1) is 9.68. The Labute approximate surface area is 91.4 Å². The minimum Gasteiger partial charge on any atom is -0.469 e. The number of methoxy groups -OCH3 is 1. The Morgan fingerprint density at radius 2 is 2.07 bits per heavy atom. The van der Waals surface area contributed by atoms with Crippen LogP contribution in [0.2, 0.25) is 0 Å². The second-order valence-corrected chi connectivity index (χ2v) is 6.10. The van der Waals surface area contributed by atoms with Crippen molar-refractivity contribution in [1.29, 1.82) is 0 Å². The summed E-state index contributed by atoms with van der Waals surface area (Å²) in [6.07, 6.45) is 6.21. The van der Waals surface area contributed by atoms with E-state index in [1.807, 2.05) is 0 Å². The van der Waals surface area contributed by atoms with Gasteiger partial charge in [-0.3, -0.25) is 4.79 Å². The fourth-order valence-corrected chi connectivity index (χ4v) is 4.82. The second-order valence-electron chi connectivity index (χ2n) is 6.10. The highest BCUT2D eigenvalue weighted by Gasteiger charge is 2.63. The zero-order chi connectivity index (χ0) is 10.6. The molecule has 2 bridgehead atoms. The van der Waals surface area contributed by atoms with Gasteiger partial charge in [0.15, 0.2) is 0 Å². The molecule has 3 rings (SSSR count). The van der Waals surface area contributed by atoms with Crippen LogP contribution in [0, 0.1) is 29.1 Å². The van der Waals surface area contributed by atoms with Gasteiger partial charge in [-0.2, -0.15) is 0 Å². The summed E-state index contributed by atoms with van der Waals surface area (Å²) in [6.45, 7) is 2.30. The molecule has 0 heterocycles. The van der Waals surface area contributed by atoms with Gasteiger partial charge in [0.05, 0.1) is 12.5 Å². The molecular formula is C13H20O2. The molecule has 2 nitrogen and oxygen atoms in total. The standard InChI is InChI=1S/C13H20O2/c1-8-3-9-4-10-7-13(6-8,11(10)5-9)12(14)15-2/h8-11H,3-7H2,1-2H3. The van der Waals surface area contributed by atoms with Gasteiger partial charge in [-0.05, 0) is 55.8 Å². The van der Waals surface area contributed by atoms with Gasteiger partial charge in [-0.15, -0.1) is 0 Å². The molecule has 0 amide bonds. The molecule has 5 atom stereocenters. The quantitative estimate of drug-likeness (QED) is 0.619. The fraction of sp³-hybridized carbons (Fsp3) is 0.923. The summed E-state index contributed by atoms with van der Waals surface area (Å²) in [5.74, 6) is 3.21. The van der Waals surface area contributed by atoms with Crippen LogP contribution in [0.3, 0.4) is 0 Å². The molecule has 15 heavy (non-hydrogen) atoms. The van der Waals surface area contributed by atoms with E-state index >= 15 is 0 Å². The van der Waals surface area contributed by atoms with E-state index in [-0.39, 0.29) is 11.4 Å². The van der Waals surface area contributed by atoms with Gasteiger partial charge in [0.1, 0.15) is 0 Å². The Morgan fingerprint density at radius 1 is 1.27 bits per heavy atom. The van der Waals surface area contributed by atoms with Crippen LogP contribution in [0.1, 0.15) is 39.0 Å². The van der Waals surface area contributed by atoms with Crippen molar-refractivity contribution >= 4 is 5.97 Å². The maximum atomic E-state index is 12.0. The first-order chi connectivity index (χ1) is 7.15. The lowest BCUT2D eigenvalue weighted by atomic mass is 9.52. The van der Waals surface area contributed by atoms with Crippen molar-refractivity contribution in [3.8, 4) is 0 Å². The van der Waals surface area contributed by atoms with Crippen molar-refractivity contribution in [1.82, 2.24) is 0 Å². The van der Waals surface area contributed by atoms with Gasteiger partial charge in [-0.1, -0.05) is 6.92 Å². The van der Waals surface area contributed by atoms with Crippen molar-refractivity contribution in [3.63, 3.8) is 0 Å². The number of carbonyl (C=O) groups excluding carboxylic acids is 1. The molecule has 3 aliphatic carbocycles. The third-order valence-electron chi connectivity index (χ3n) is 5.17. The average molecular weight is 208 g/mol. The highest BCUT2D eigenvalue weighted by atomic mass is 16.5. The number of carbonyl (C=O) groups is 1. The topological polar surface area (TPSA) is 26.3 Å². The molecule has 5 unspecified atom stereocenters. The van der Waals surface area contributed by atoms with Crippen LogP contribution in [0.4, 0.5) is 0 Å². The molecule has 0 spiro atoms. The van der Waals surface area contributed by atoms with E-state index in [1.54, 1.807) is 7.11 Å². The molecule has 3 aliphatic rings. The van der Waals surface area contributed by atoms with Crippen LogP contribution in [-0.2, 0) is 9.53 Å². The lowest BCUT2D eigenvalue weighted by Gasteiger charge is -2.51. The van der Waals surface area contributed by atoms with Gasteiger partial charge in [0.25, 0.3) is 0 Å². The van der Waals surface area contributed by atoms with Gasteiger partial charge in [0, 0.05) is 0 Å². The third kappa shape index (κ3) is 1.14. The summed E-state index contributed by atoms with van der Waals surface area (Å²) in [4.78, 5) is 12.0. The monoisotopic (exact) mass is 208 g/mol. The van der Waals surface area contributed by atoms with Gasteiger partial charge in [-0.25, -0.2) is 0 Å². The van der Waals surface area contributed by atoms with Crippen molar-refractivity contribution in [2.24, 2.45) is 29.1 Å². The van der Waals surface area contributed by atoms with E-state index in [2.05, 4.69) is 6.92 Å². The molecule has 0 aromatic heterocycles. The maximum absolute atomic E-state index is 12.0. The summed E-state index contributed by atoms with van der Waals surface area (Å²) in [6, 6.07) is 0. The molecule has 0 saturated heterocycles. The molecule has 3 fully saturated rings. The molecule has 0 radical (unpaired) electrons. The zero-order valence-corrected chi connectivity index (χ0v) is 9.66. The van der Waals surface area contributed by atoms with Crippen LogP contribution in [0.15, 0.2) is 0 Å². The zero-order valence-electron chi connectivity index (χ0n) is 9.66. The van der Waals surface area contributed by atoms with E-state index in [1.165, 1.54) is 19.3 Å². The van der Waals surface area contributed by atoms with Crippen molar-refractivity contribution < 1.29 is 9.53 Å². The largest absolute Gasteiger partial charge is 0.469 e. The first-order valence-corrected chi connectivity index (χ1v) is 6.24. The Balaban J connectivity index is 1.92. The van der Waals surface area contributed by atoms with Gasteiger partial charge in [0.2, 0.25) is 0 Å². The summed E-state index contributed by atoms with van der Waals surface area (Å²) < 4.78 is 5.05. The SMILES string of the molecule is COC(=O)C12CC(C)CC3CC(C1)C2C3. The maximum Gasteiger partial charge on any atom is 0.312 e. The van der Waals surface area contributed by atoms with E-state index in [0.717, 1.165) is 24.7 Å². The normalized spacial score (nSPS) is 51.9. The predicted molar refractivity (Wildman–Crippen MR) is 57.2 cm³/mol. The van der Waals surface area contributed by atoms with Gasteiger partial charge >= 0.3 is 5.97 Å². The smallest absolute Gasteiger partial charge is 0.312 e. The molecule has 3 saturated carbocycles. The van der Waals surface area contributed by atoms with E-state index < -0.39 is 0 Å². The van der Waals surface area contributed by atoms with E-state index in [0.29, 0.717) is 11.8 Å². The Morgan fingerprint density at radius 3 is 2.80 bits per heavy atom. The number of hydrogen-bond donors (Lipinski definition) is 0. The lowest BCUT2D eigenvalue weighted by molar-refractivity contribution is -0.172. The summed E-state index contributed by atoms with van der Waals surface area (Å²) in [5.41, 5.74) is -0.0654. The Bertz CT molecular complexity index is 299. The second kappa shape index (κ2) is 2.99. The van der Waals surface area contributed by atoms with Crippen LogP contribution in [0.25, 0.3) is 0 Å². The number of rotatable bonds is 1. The molecule has 0 N–H and O–H groups in total. The minimum atomic E-state index is -0.0654. The third-order valence-corrected chi connectivity index (χ3v) is 5.17. The van der Waals surface area contributed by atoms with Gasteiger partial charge < -0.3 is 4.74 Å². The number of ether oxygens (including phenoxy) is 1. The number of fused-ring (bicyclic) bond motifs is 1. The van der Waals surface area contributed by atoms with E-state index in [4.69, 9.17) is 4.74 Å². The lowest BCUT2D eigenvalue weighted by Crippen LogP contribution is -2.52. The van der Waals surface area contributed by atoms with Crippen molar-refractivity contribution in [3.05, 3.63) is 0 Å². The molecule has 0 aromatic carbocycles. The minimum absolute atomic E-state index is 0.0654. The van der Waals surface area contributed by atoms with Crippen LogP contribution < -0.4 is 0 Å². The fourth-order valence-electron chi connectivity index (χ4n) is 4.82. The molecule has 0 aromatic rings. The Kier molecular flexibility index (Phi) is 1.93. The number of hydrogen-bond acceptors (Lipinski definition) is 2. The van der Waals surface area contributed by atoms with Crippen LogP contribution in [-0.4, -0.2) is 13.1 Å². The molecule has 2 heteroatoms. The molecule has 84 valence electrons.